The fraction of sp³-hybridized carbons (Fsp3) is 0.217. The second-order valence-corrected chi connectivity index (χ2v) is 7.67. The molecule has 0 saturated heterocycles. The summed E-state index contributed by atoms with van der Waals surface area (Å²) in [5.74, 6) is 0.710. The van der Waals surface area contributed by atoms with Crippen molar-refractivity contribution in [2.75, 3.05) is 7.05 Å². The molecule has 2 aromatic carbocycles. The van der Waals surface area contributed by atoms with Gasteiger partial charge in [-0.05, 0) is 43.2 Å². The van der Waals surface area contributed by atoms with E-state index in [1.807, 2.05) is 42.5 Å². The standard InChI is InChI=1S/C23H21N5O2/c1-27(14-21-24-18-10-6-5-9-17(18)22(29)25-21)23(30)20-13-19(15-11-12-15)26-28(20)16-7-3-2-4-8-16/h2-10,13,15H,11-12,14H2,1H3,(H,24,25,29). The summed E-state index contributed by atoms with van der Waals surface area (Å²) in [5.41, 5.74) is 2.71. The summed E-state index contributed by atoms with van der Waals surface area (Å²) in [6.07, 6.45) is 2.22. The molecule has 30 heavy (non-hydrogen) atoms. The number of hydrogen-bond acceptors (Lipinski definition) is 4. The Hall–Kier alpha value is -3.74. The highest BCUT2D eigenvalue weighted by atomic mass is 16.2. The van der Waals surface area contributed by atoms with E-state index >= 15 is 0 Å². The van der Waals surface area contributed by atoms with Crippen LogP contribution in [0.4, 0.5) is 0 Å². The molecule has 0 radical (unpaired) electrons. The van der Waals surface area contributed by atoms with Crippen LogP contribution in [-0.2, 0) is 6.54 Å². The van der Waals surface area contributed by atoms with Gasteiger partial charge in [-0.15, -0.1) is 0 Å². The van der Waals surface area contributed by atoms with E-state index in [2.05, 4.69) is 9.97 Å². The van der Waals surface area contributed by atoms with Gasteiger partial charge in [-0.3, -0.25) is 9.59 Å². The third-order valence-electron chi connectivity index (χ3n) is 5.34. The molecule has 2 aromatic heterocycles. The second-order valence-electron chi connectivity index (χ2n) is 7.67. The first kappa shape index (κ1) is 18.3. The summed E-state index contributed by atoms with van der Waals surface area (Å²) >= 11 is 0. The van der Waals surface area contributed by atoms with E-state index in [-0.39, 0.29) is 18.0 Å². The van der Waals surface area contributed by atoms with Crippen molar-refractivity contribution in [2.45, 2.75) is 25.3 Å². The molecular formula is C23H21N5O2. The van der Waals surface area contributed by atoms with Crippen LogP contribution in [0, 0.1) is 0 Å². The summed E-state index contributed by atoms with van der Waals surface area (Å²) in [5, 5.41) is 5.24. The van der Waals surface area contributed by atoms with E-state index in [4.69, 9.17) is 5.10 Å². The third-order valence-corrected chi connectivity index (χ3v) is 5.34. The molecule has 0 spiro atoms. The minimum atomic E-state index is -0.207. The molecule has 1 aliphatic carbocycles. The van der Waals surface area contributed by atoms with E-state index < -0.39 is 0 Å². The second kappa shape index (κ2) is 7.26. The van der Waals surface area contributed by atoms with Crippen molar-refractivity contribution in [1.82, 2.24) is 24.6 Å². The molecule has 5 rings (SSSR count). The summed E-state index contributed by atoms with van der Waals surface area (Å²) in [6, 6.07) is 18.7. The first-order valence-electron chi connectivity index (χ1n) is 9.99. The van der Waals surface area contributed by atoms with Crippen molar-refractivity contribution in [3.63, 3.8) is 0 Å². The van der Waals surface area contributed by atoms with Crippen LogP contribution in [-0.4, -0.2) is 37.6 Å². The predicted molar refractivity (Wildman–Crippen MR) is 114 cm³/mol. The highest BCUT2D eigenvalue weighted by Gasteiger charge is 2.30. The zero-order chi connectivity index (χ0) is 20.7. The van der Waals surface area contributed by atoms with Gasteiger partial charge in [-0.1, -0.05) is 30.3 Å². The minimum absolute atomic E-state index is 0.172. The number of amides is 1. The maximum atomic E-state index is 13.3. The fourth-order valence-electron chi connectivity index (χ4n) is 3.60. The smallest absolute Gasteiger partial charge is 0.272 e. The number of fused-ring (bicyclic) bond motifs is 1. The molecule has 1 saturated carbocycles. The summed E-state index contributed by atoms with van der Waals surface area (Å²) in [6.45, 7) is 0.192. The number of aromatic nitrogens is 4. The Bertz CT molecular complexity index is 1290. The lowest BCUT2D eigenvalue weighted by atomic mass is 10.2. The van der Waals surface area contributed by atoms with Crippen molar-refractivity contribution in [2.24, 2.45) is 0 Å². The highest BCUT2D eigenvalue weighted by Crippen LogP contribution is 2.39. The Labute approximate surface area is 173 Å². The number of rotatable bonds is 5. The maximum absolute atomic E-state index is 13.3. The maximum Gasteiger partial charge on any atom is 0.272 e. The van der Waals surface area contributed by atoms with Crippen LogP contribution >= 0.6 is 0 Å². The Morgan fingerprint density at radius 3 is 2.63 bits per heavy atom. The first-order chi connectivity index (χ1) is 14.6. The average molecular weight is 399 g/mol. The van der Waals surface area contributed by atoms with E-state index in [9.17, 15) is 9.59 Å². The van der Waals surface area contributed by atoms with Gasteiger partial charge >= 0.3 is 0 Å². The quantitative estimate of drug-likeness (QED) is 0.558. The molecular weight excluding hydrogens is 378 g/mol. The molecule has 0 bridgehead atoms. The van der Waals surface area contributed by atoms with Gasteiger partial charge in [-0.2, -0.15) is 5.10 Å². The first-order valence-corrected chi connectivity index (χ1v) is 9.99. The van der Waals surface area contributed by atoms with Crippen molar-refractivity contribution >= 4 is 16.8 Å². The molecule has 1 amide bonds. The van der Waals surface area contributed by atoms with Gasteiger partial charge in [0, 0.05) is 13.0 Å². The zero-order valence-electron chi connectivity index (χ0n) is 16.6. The summed E-state index contributed by atoms with van der Waals surface area (Å²) < 4.78 is 1.71. The van der Waals surface area contributed by atoms with Gasteiger partial charge in [0.15, 0.2) is 0 Å². The number of H-pyrrole nitrogens is 1. The summed E-state index contributed by atoms with van der Waals surface area (Å²) in [7, 11) is 1.71. The van der Waals surface area contributed by atoms with Crippen LogP contribution in [0.15, 0.2) is 65.5 Å². The van der Waals surface area contributed by atoms with Crippen molar-refractivity contribution in [1.29, 1.82) is 0 Å². The lowest BCUT2D eigenvalue weighted by molar-refractivity contribution is 0.0772. The largest absolute Gasteiger partial charge is 0.333 e. The van der Waals surface area contributed by atoms with Gasteiger partial charge < -0.3 is 9.88 Å². The lowest BCUT2D eigenvalue weighted by Gasteiger charge is -2.17. The normalized spacial score (nSPS) is 13.5. The summed E-state index contributed by atoms with van der Waals surface area (Å²) in [4.78, 5) is 34.5. The predicted octanol–water partition coefficient (Wildman–Crippen LogP) is 3.26. The Balaban J connectivity index is 1.46. The molecule has 7 nitrogen and oxygen atoms in total. The number of para-hydroxylation sites is 2. The SMILES string of the molecule is CN(Cc1nc2ccccc2c(=O)[nH]1)C(=O)c1cc(C2CC2)nn1-c1ccccc1. The van der Waals surface area contributed by atoms with Crippen molar-refractivity contribution < 1.29 is 4.79 Å². The number of benzene rings is 2. The molecule has 0 unspecified atom stereocenters. The van der Waals surface area contributed by atoms with Crippen LogP contribution in [0.5, 0.6) is 0 Å². The average Bonchev–Trinajstić information content (AvgIpc) is 3.52. The van der Waals surface area contributed by atoms with E-state index in [1.54, 1.807) is 34.8 Å². The molecule has 0 atom stereocenters. The van der Waals surface area contributed by atoms with Crippen LogP contribution in [0.3, 0.4) is 0 Å². The molecule has 1 aliphatic rings. The van der Waals surface area contributed by atoms with Crippen molar-refractivity contribution in [3.05, 3.63) is 88.2 Å². The molecule has 7 heteroatoms. The fourth-order valence-corrected chi connectivity index (χ4v) is 3.60. The monoisotopic (exact) mass is 399 g/mol. The lowest BCUT2D eigenvalue weighted by Crippen LogP contribution is -2.30. The highest BCUT2D eigenvalue weighted by molar-refractivity contribution is 5.93. The van der Waals surface area contributed by atoms with E-state index in [0.29, 0.717) is 28.3 Å². The molecule has 1 fully saturated rings. The topological polar surface area (TPSA) is 83.9 Å². The van der Waals surface area contributed by atoms with Crippen molar-refractivity contribution in [3.8, 4) is 5.69 Å². The minimum Gasteiger partial charge on any atom is -0.333 e. The Morgan fingerprint density at radius 2 is 1.87 bits per heavy atom. The molecule has 2 heterocycles. The molecule has 4 aromatic rings. The molecule has 1 N–H and O–H groups in total. The number of nitrogens with zero attached hydrogens (tertiary/aromatic N) is 4. The zero-order valence-corrected chi connectivity index (χ0v) is 16.6. The van der Waals surface area contributed by atoms with Crippen LogP contribution < -0.4 is 5.56 Å². The number of nitrogens with one attached hydrogen (secondary N) is 1. The van der Waals surface area contributed by atoms with Crippen LogP contribution in [0.2, 0.25) is 0 Å². The third kappa shape index (κ3) is 3.39. The van der Waals surface area contributed by atoms with Gasteiger partial charge in [0.1, 0.15) is 11.5 Å². The molecule has 0 aliphatic heterocycles. The Kier molecular flexibility index (Phi) is 4.43. The Morgan fingerprint density at radius 1 is 1.13 bits per heavy atom. The van der Waals surface area contributed by atoms with Gasteiger partial charge in [-0.25, -0.2) is 9.67 Å². The van der Waals surface area contributed by atoms with E-state index in [1.165, 1.54) is 0 Å². The van der Waals surface area contributed by atoms with Gasteiger partial charge in [0.05, 0.1) is 28.8 Å². The molecule has 150 valence electrons. The number of hydrogen-bond donors (Lipinski definition) is 1. The number of carbonyl (C=O) groups is 1. The van der Waals surface area contributed by atoms with Crippen LogP contribution in [0.1, 0.15) is 40.8 Å². The number of carbonyl (C=O) groups excluding carboxylic acids is 1. The van der Waals surface area contributed by atoms with E-state index in [0.717, 1.165) is 24.2 Å². The van der Waals surface area contributed by atoms with Gasteiger partial charge in [0.2, 0.25) is 0 Å². The number of aromatic amines is 1. The van der Waals surface area contributed by atoms with Crippen LogP contribution in [0.25, 0.3) is 16.6 Å². The van der Waals surface area contributed by atoms with Gasteiger partial charge in [0.25, 0.3) is 11.5 Å².